The van der Waals surface area contributed by atoms with Gasteiger partial charge in [0, 0.05) is 11.3 Å². The largest absolute Gasteiger partial charge is 0.488 e. The minimum absolute atomic E-state index is 0. The molecule has 3 aromatic rings. The molecule has 4 N–H and O–H groups in total. The number of nitrogens with zero attached hydrogens (tertiary/aromatic N) is 1. The molecule has 0 spiro atoms. The molecule has 1 aliphatic rings. The van der Waals surface area contributed by atoms with Crippen molar-refractivity contribution >= 4 is 47.2 Å². The number of carbonyl (C=O) groups is 1. The van der Waals surface area contributed by atoms with Gasteiger partial charge in [-0.3, -0.25) is 4.79 Å². The second kappa shape index (κ2) is 9.78. The Kier molecular flexibility index (Phi) is 7.32. The Morgan fingerprint density at radius 2 is 2.00 bits per heavy atom. The number of hydrogen-bond donors (Lipinski definition) is 4. The van der Waals surface area contributed by atoms with E-state index < -0.39 is 11.7 Å². The molecular weight excluding hydrogens is 469 g/mol. The number of hydrogen-bond acceptors (Lipinski definition) is 6. The Labute approximate surface area is 193 Å². The third kappa shape index (κ3) is 5.07. The molecule has 1 fully saturated rings. The van der Waals surface area contributed by atoms with Crippen molar-refractivity contribution in [2.24, 2.45) is 0 Å². The highest BCUT2D eigenvalue weighted by molar-refractivity contribution is 6.44. The lowest BCUT2D eigenvalue weighted by Gasteiger charge is -2.25. The number of benzene rings is 1. The van der Waals surface area contributed by atoms with Crippen molar-refractivity contribution in [1.29, 1.82) is 0 Å². The molecule has 2 aromatic heterocycles. The summed E-state index contributed by atoms with van der Waals surface area (Å²) in [7, 11) is 0. The van der Waals surface area contributed by atoms with Crippen LogP contribution < -0.4 is 21.1 Å². The average molecular weight is 489 g/mol. The molecule has 1 aliphatic heterocycles. The van der Waals surface area contributed by atoms with E-state index in [-0.39, 0.29) is 35.1 Å². The summed E-state index contributed by atoms with van der Waals surface area (Å²) in [5.74, 6) is -0.548. The number of anilines is 1. The zero-order valence-electron chi connectivity index (χ0n) is 16.4. The predicted octanol–water partition coefficient (Wildman–Crippen LogP) is 3.78. The number of piperidine rings is 1. The van der Waals surface area contributed by atoms with E-state index in [1.807, 2.05) is 0 Å². The summed E-state index contributed by atoms with van der Waals surface area (Å²) in [6.07, 6.45) is 1.63. The molecule has 0 saturated carbocycles. The fourth-order valence-corrected chi connectivity index (χ4v) is 3.63. The van der Waals surface area contributed by atoms with Gasteiger partial charge < -0.3 is 24.8 Å². The van der Waals surface area contributed by atoms with Crippen molar-refractivity contribution in [2.75, 3.05) is 18.4 Å². The molecule has 1 saturated heterocycles. The molecule has 3 heterocycles. The molecular formula is C19H20Cl3N5O4. The number of aromatic nitrogens is 3. The normalized spacial score (nSPS) is 14.2. The van der Waals surface area contributed by atoms with Crippen LogP contribution in [0.2, 0.25) is 10.0 Å². The van der Waals surface area contributed by atoms with Crippen LogP contribution in [0, 0.1) is 6.92 Å². The first-order chi connectivity index (χ1) is 14.4. The summed E-state index contributed by atoms with van der Waals surface area (Å²) < 4.78 is 11.2. The summed E-state index contributed by atoms with van der Waals surface area (Å²) in [4.78, 5) is 26.9. The number of nitrogens with one attached hydrogen (secondary N) is 4. The quantitative estimate of drug-likeness (QED) is 0.433. The van der Waals surface area contributed by atoms with Crippen LogP contribution in [-0.2, 0) is 0 Å². The average Bonchev–Trinajstić information content (AvgIpc) is 3.28. The standard InChI is InChI=1S/C19H19Cl2N5O4.ClH/c1-9-14(20)15(21)16(23-9)17(27)24-12-3-2-10(18-25-26-19(28)30-18)8-13(12)29-11-4-6-22-7-5-11;/h2-3,8,11,22-23H,4-7H2,1H3,(H,24,27)(H,26,28);1H. The molecule has 1 aromatic carbocycles. The van der Waals surface area contributed by atoms with Crippen LogP contribution in [0.15, 0.2) is 27.4 Å². The van der Waals surface area contributed by atoms with Crippen molar-refractivity contribution in [3.05, 3.63) is 50.2 Å². The summed E-state index contributed by atoms with van der Waals surface area (Å²) >= 11 is 12.2. The van der Waals surface area contributed by atoms with Gasteiger partial charge in [-0.05, 0) is 51.1 Å². The van der Waals surface area contributed by atoms with Gasteiger partial charge in [-0.25, -0.2) is 9.89 Å². The number of rotatable bonds is 5. The molecule has 4 rings (SSSR count). The topological polar surface area (TPSA) is 125 Å². The Hall–Kier alpha value is -2.46. The molecule has 0 aliphatic carbocycles. The Bertz CT molecular complexity index is 1130. The maximum absolute atomic E-state index is 12.8. The number of aryl methyl sites for hydroxylation is 1. The number of carbonyl (C=O) groups excluding carboxylic acids is 1. The Morgan fingerprint density at radius 1 is 1.26 bits per heavy atom. The van der Waals surface area contributed by atoms with E-state index in [2.05, 4.69) is 25.8 Å². The summed E-state index contributed by atoms with van der Waals surface area (Å²) in [5, 5.41) is 12.6. The van der Waals surface area contributed by atoms with Crippen LogP contribution in [0.3, 0.4) is 0 Å². The zero-order chi connectivity index (χ0) is 21.3. The highest BCUT2D eigenvalue weighted by Crippen LogP contribution is 2.34. The minimum Gasteiger partial charge on any atom is -0.488 e. The highest BCUT2D eigenvalue weighted by Gasteiger charge is 2.22. The van der Waals surface area contributed by atoms with Crippen molar-refractivity contribution in [2.45, 2.75) is 25.9 Å². The van der Waals surface area contributed by atoms with Gasteiger partial charge in [0.25, 0.3) is 5.91 Å². The lowest BCUT2D eigenvalue weighted by atomic mass is 10.1. The second-order valence-corrected chi connectivity index (χ2v) is 7.66. The van der Waals surface area contributed by atoms with Gasteiger partial charge in [0.2, 0.25) is 5.89 Å². The van der Waals surface area contributed by atoms with Crippen LogP contribution in [0.5, 0.6) is 5.75 Å². The molecule has 0 bridgehead atoms. The highest BCUT2D eigenvalue weighted by atomic mass is 35.5. The van der Waals surface area contributed by atoms with Gasteiger partial charge in [-0.15, -0.1) is 17.5 Å². The third-order valence-electron chi connectivity index (χ3n) is 4.78. The van der Waals surface area contributed by atoms with Gasteiger partial charge in [0.1, 0.15) is 17.5 Å². The van der Waals surface area contributed by atoms with Gasteiger partial charge in [-0.2, -0.15) is 0 Å². The first kappa shape index (κ1) is 23.2. The number of ether oxygens (including phenoxy) is 1. The van der Waals surface area contributed by atoms with Crippen LogP contribution in [-0.4, -0.2) is 40.3 Å². The molecule has 1 amide bonds. The van der Waals surface area contributed by atoms with Crippen molar-refractivity contribution in [1.82, 2.24) is 20.5 Å². The lowest BCUT2D eigenvalue weighted by Crippen LogP contribution is -2.34. The molecule has 9 nitrogen and oxygen atoms in total. The molecule has 12 heteroatoms. The van der Waals surface area contributed by atoms with Crippen LogP contribution in [0.25, 0.3) is 11.5 Å². The van der Waals surface area contributed by atoms with Gasteiger partial charge in [-0.1, -0.05) is 23.2 Å². The maximum Gasteiger partial charge on any atom is 0.434 e. The van der Waals surface area contributed by atoms with E-state index in [4.69, 9.17) is 32.4 Å². The van der Waals surface area contributed by atoms with Crippen molar-refractivity contribution in [3.63, 3.8) is 0 Å². The van der Waals surface area contributed by atoms with E-state index in [9.17, 15) is 9.59 Å². The fourth-order valence-electron chi connectivity index (χ4n) is 3.22. The van der Waals surface area contributed by atoms with Crippen LogP contribution in [0.1, 0.15) is 29.0 Å². The van der Waals surface area contributed by atoms with Crippen molar-refractivity contribution in [3.8, 4) is 17.2 Å². The molecule has 166 valence electrons. The van der Waals surface area contributed by atoms with Crippen molar-refractivity contribution < 1.29 is 13.9 Å². The summed E-state index contributed by atoms with van der Waals surface area (Å²) in [5.41, 5.74) is 1.74. The molecule has 31 heavy (non-hydrogen) atoms. The van der Waals surface area contributed by atoms with Crippen LogP contribution >= 0.6 is 35.6 Å². The number of H-pyrrole nitrogens is 2. The zero-order valence-corrected chi connectivity index (χ0v) is 18.7. The Morgan fingerprint density at radius 3 is 2.61 bits per heavy atom. The van der Waals surface area contributed by atoms with E-state index >= 15 is 0 Å². The smallest absolute Gasteiger partial charge is 0.434 e. The third-order valence-corrected chi connectivity index (χ3v) is 5.72. The first-order valence-electron chi connectivity index (χ1n) is 9.34. The summed E-state index contributed by atoms with van der Waals surface area (Å²) in [6, 6.07) is 4.99. The molecule has 0 radical (unpaired) electrons. The van der Waals surface area contributed by atoms with E-state index in [1.165, 1.54) is 0 Å². The van der Waals surface area contributed by atoms with Crippen LogP contribution in [0.4, 0.5) is 5.69 Å². The second-order valence-electron chi connectivity index (χ2n) is 6.90. The van der Waals surface area contributed by atoms with Gasteiger partial charge in [0.05, 0.1) is 15.7 Å². The molecule has 0 atom stereocenters. The molecule has 0 unspecified atom stereocenters. The van der Waals surface area contributed by atoms with E-state index in [0.29, 0.717) is 27.7 Å². The van der Waals surface area contributed by atoms with E-state index in [0.717, 1.165) is 25.9 Å². The maximum atomic E-state index is 12.8. The van der Waals surface area contributed by atoms with E-state index in [1.54, 1.807) is 25.1 Å². The number of amides is 1. The monoisotopic (exact) mass is 487 g/mol. The summed E-state index contributed by atoms with van der Waals surface area (Å²) in [6.45, 7) is 3.41. The predicted molar refractivity (Wildman–Crippen MR) is 120 cm³/mol. The number of halogens is 3. The number of aromatic amines is 2. The minimum atomic E-state index is -0.656. The first-order valence-corrected chi connectivity index (χ1v) is 10.1. The SMILES string of the molecule is Cc1[nH]c(C(=O)Nc2ccc(-c3n[nH]c(=O)o3)cc2OC2CCNCC2)c(Cl)c1Cl.Cl. The lowest BCUT2D eigenvalue weighted by molar-refractivity contribution is 0.102. The Balaban J connectivity index is 0.00000272. The van der Waals surface area contributed by atoms with Gasteiger partial charge >= 0.3 is 5.76 Å². The van der Waals surface area contributed by atoms with Gasteiger partial charge in [0.15, 0.2) is 0 Å². The fraction of sp³-hybridized carbons (Fsp3) is 0.316.